The van der Waals surface area contributed by atoms with E-state index in [1.54, 1.807) is 17.0 Å². The second-order valence-electron chi connectivity index (χ2n) is 7.06. The molecule has 3 aromatic rings. The third kappa shape index (κ3) is 3.91. The van der Waals surface area contributed by atoms with Crippen LogP contribution in [0.15, 0.2) is 42.5 Å². The number of aromatic carboxylic acids is 1. The summed E-state index contributed by atoms with van der Waals surface area (Å²) in [6, 6.07) is 12.4. The number of halogens is 1. The van der Waals surface area contributed by atoms with Crippen LogP contribution >= 0.6 is 22.9 Å². The number of amides is 1. The molecule has 0 bridgehead atoms. The summed E-state index contributed by atoms with van der Waals surface area (Å²) >= 11 is 7.72. The second kappa shape index (κ2) is 7.97. The maximum atomic E-state index is 13.0. The molecule has 1 fully saturated rings. The van der Waals surface area contributed by atoms with Gasteiger partial charge in [0.15, 0.2) is 5.78 Å². The van der Waals surface area contributed by atoms with Crippen LogP contribution in [0.3, 0.4) is 0 Å². The smallest absolute Gasteiger partial charge is 0.335 e. The predicted octanol–water partition coefficient (Wildman–Crippen LogP) is 4.80. The van der Waals surface area contributed by atoms with Crippen molar-refractivity contribution in [2.75, 3.05) is 6.54 Å². The number of thiophene rings is 1. The molecule has 0 spiro atoms. The molecule has 0 atom stereocenters. The highest BCUT2D eigenvalue weighted by Gasteiger charge is 2.23. The molecule has 1 saturated heterocycles. The number of carbonyl (C=O) groups is 3. The lowest BCUT2D eigenvalue weighted by atomic mass is 9.98. The van der Waals surface area contributed by atoms with Crippen molar-refractivity contribution in [1.82, 2.24) is 4.90 Å². The number of carbonyl (C=O) groups excluding carboxylic acids is 2. The van der Waals surface area contributed by atoms with Gasteiger partial charge in [0.1, 0.15) is 0 Å². The van der Waals surface area contributed by atoms with Crippen LogP contribution in [0.25, 0.3) is 10.1 Å². The number of likely N-dealkylation sites (tertiary alicyclic amines) is 1. The quantitative estimate of drug-likeness (QED) is 0.573. The lowest BCUT2D eigenvalue weighted by Gasteiger charge is -2.16. The summed E-state index contributed by atoms with van der Waals surface area (Å²) < 4.78 is 0.917. The summed E-state index contributed by atoms with van der Waals surface area (Å²) in [5, 5.41) is 10.8. The normalized spacial score (nSPS) is 14.0. The number of fused-ring (bicyclic) bond motifs is 1. The average molecular weight is 428 g/mol. The van der Waals surface area contributed by atoms with Crippen LogP contribution in [-0.2, 0) is 17.8 Å². The Balaban J connectivity index is 1.64. The average Bonchev–Trinajstić information content (AvgIpc) is 3.25. The Morgan fingerprint density at radius 2 is 1.97 bits per heavy atom. The number of hydrogen-bond acceptors (Lipinski definition) is 4. The Bertz CT molecular complexity index is 1140. The van der Waals surface area contributed by atoms with E-state index in [1.165, 1.54) is 17.4 Å². The van der Waals surface area contributed by atoms with E-state index in [0.29, 0.717) is 35.0 Å². The van der Waals surface area contributed by atoms with Gasteiger partial charge in [0, 0.05) is 36.0 Å². The summed E-state index contributed by atoms with van der Waals surface area (Å²) in [5.74, 6) is -1.20. The van der Waals surface area contributed by atoms with E-state index in [2.05, 4.69) is 0 Å². The third-order valence-electron chi connectivity index (χ3n) is 5.08. The van der Waals surface area contributed by atoms with Gasteiger partial charge < -0.3 is 10.0 Å². The Labute approximate surface area is 176 Å². The molecule has 148 valence electrons. The van der Waals surface area contributed by atoms with Crippen LogP contribution in [0.1, 0.15) is 44.0 Å². The molecular formula is C22H18ClNO4S. The predicted molar refractivity (Wildman–Crippen MR) is 113 cm³/mol. The monoisotopic (exact) mass is 427 g/mol. The Morgan fingerprint density at radius 1 is 1.17 bits per heavy atom. The minimum Gasteiger partial charge on any atom is -0.478 e. The van der Waals surface area contributed by atoms with Gasteiger partial charge in [0.05, 0.1) is 15.5 Å². The Kier molecular flexibility index (Phi) is 5.39. The SMILES string of the molecule is O=C(O)c1ccc(CN2CCCC2=O)cc1CC(=O)c1sc2ccccc2c1Cl. The number of carboxylic acids is 1. The van der Waals surface area contributed by atoms with Gasteiger partial charge in [-0.05, 0) is 29.7 Å². The number of benzene rings is 2. The minimum absolute atomic E-state index is 0.0596. The highest BCUT2D eigenvalue weighted by molar-refractivity contribution is 7.21. The maximum absolute atomic E-state index is 13.0. The molecule has 1 amide bonds. The number of hydrogen-bond donors (Lipinski definition) is 1. The molecule has 4 rings (SSSR count). The highest BCUT2D eigenvalue weighted by atomic mass is 35.5. The van der Waals surface area contributed by atoms with Crippen LogP contribution in [0.2, 0.25) is 5.02 Å². The lowest BCUT2D eigenvalue weighted by molar-refractivity contribution is -0.128. The topological polar surface area (TPSA) is 74.7 Å². The van der Waals surface area contributed by atoms with Gasteiger partial charge in [-0.2, -0.15) is 0 Å². The van der Waals surface area contributed by atoms with Crippen molar-refractivity contribution < 1.29 is 19.5 Å². The Morgan fingerprint density at radius 3 is 2.66 bits per heavy atom. The summed E-state index contributed by atoms with van der Waals surface area (Å²) in [5.41, 5.74) is 1.34. The second-order valence-corrected chi connectivity index (χ2v) is 8.49. The summed E-state index contributed by atoms with van der Waals surface area (Å²) in [4.78, 5) is 38.7. The van der Waals surface area contributed by atoms with Crippen LogP contribution < -0.4 is 0 Å². The zero-order chi connectivity index (χ0) is 20.5. The fraction of sp³-hybridized carbons (Fsp3) is 0.227. The summed E-state index contributed by atoms with van der Waals surface area (Å²) in [6.45, 7) is 1.12. The van der Waals surface area contributed by atoms with E-state index in [1.807, 2.05) is 24.3 Å². The van der Waals surface area contributed by atoms with Crippen molar-refractivity contribution in [3.8, 4) is 0 Å². The number of Topliss-reactive ketones (excluding diaryl/α,β-unsaturated/α-hetero) is 1. The molecular weight excluding hydrogens is 410 g/mol. The molecule has 0 radical (unpaired) electrons. The number of nitrogens with zero attached hydrogens (tertiary/aromatic N) is 1. The molecule has 2 heterocycles. The molecule has 29 heavy (non-hydrogen) atoms. The zero-order valence-electron chi connectivity index (χ0n) is 15.5. The molecule has 1 aliphatic rings. The summed E-state index contributed by atoms with van der Waals surface area (Å²) in [7, 11) is 0. The largest absolute Gasteiger partial charge is 0.478 e. The summed E-state index contributed by atoms with van der Waals surface area (Å²) in [6.07, 6.45) is 1.32. The van der Waals surface area contributed by atoms with Gasteiger partial charge in [0.25, 0.3) is 0 Å². The fourth-order valence-corrected chi connectivity index (χ4v) is 5.11. The van der Waals surface area contributed by atoms with Gasteiger partial charge in [-0.1, -0.05) is 41.9 Å². The first-order valence-corrected chi connectivity index (χ1v) is 10.5. The van der Waals surface area contributed by atoms with Crippen molar-refractivity contribution in [3.63, 3.8) is 0 Å². The van der Waals surface area contributed by atoms with E-state index in [0.717, 1.165) is 22.1 Å². The van der Waals surface area contributed by atoms with E-state index >= 15 is 0 Å². The first-order chi connectivity index (χ1) is 13.9. The molecule has 7 heteroatoms. The van der Waals surface area contributed by atoms with Crippen LogP contribution in [0.4, 0.5) is 0 Å². The molecule has 5 nitrogen and oxygen atoms in total. The fourth-order valence-electron chi connectivity index (χ4n) is 3.64. The maximum Gasteiger partial charge on any atom is 0.335 e. The van der Waals surface area contributed by atoms with Gasteiger partial charge in [0.2, 0.25) is 5.91 Å². The number of rotatable bonds is 6. The van der Waals surface area contributed by atoms with E-state index < -0.39 is 5.97 Å². The van der Waals surface area contributed by atoms with Crippen molar-refractivity contribution >= 4 is 50.7 Å². The van der Waals surface area contributed by atoms with Gasteiger partial charge in [-0.25, -0.2) is 4.79 Å². The molecule has 1 aromatic heterocycles. The molecule has 1 N–H and O–H groups in total. The molecule has 2 aromatic carbocycles. The van der Waals surface area contributed by atoms with E-state index in [4.69, 9.17) is 11.6 Å². The van der Waals surface area contributed by atoms with E-state index in [-0.39, 0.29) is 23.7 Å². The third-order valence-corrected chi connectivity index (χ3v) is 6.80. The molecule has 0 aliphatic carbocycles. The lowest BCUT2D eigenvalue weighted by Crippen LogP contribution is -2.24. The highest BCUT2D eigenvalue weighted by Crippen LogP contribution is 2.36. The van der Waals surface area contributed by atoms with Crippen LogP contribution in [-0.4, -0.2) is 34.2 Å². The van der Waals surface area contributed by atoms with Crippen LogP contribution in [0.5, 0.6) is 0 Å². The van der Waals surface area contributed by atoms with Crippen LogP contribution in [0, 0.1) is 0 Å². The number of ketones is 1. The van der Waals surface area contributed by atoms with Crippen molar-refractivity contribution in [3.05, 3.63) is 69.1 Å². The number of carboxylic acid groups (broad SMARTS) is 1. The first-order valence-electron chi connectivity index (χ1n) is 9.27. The van der Waals surface area contributed by atoms with Gasteiger partial charge in [-0.3, -0.25) is 9.59 Å². The van der Waals surface area contributed by atoms with Crippen molar-refractivity contribution in [2.24, 2.45) is 0 Å². The van der Waals surface area contributed by atoms with Crippen molar-refractivity contribution in [2.45, 2.75) is 25.8 Å². The minimum atomic E-state index is -1.08. The molecule has 1 aliphatic heterocycles. The standard InChI is InChI=1S/C22H18ClNO4S/c23-20-16-4-1-2-5-18(16)29-21(20)17(25)11-14-10-13(7-8-15(14)22(27)28)12-24-9-3-6-19(24)26/h1-2,4-5,7-8,10H,3,6,9,11-12H2,(H,27,28). The first kappa shape index (κ1) is 19.6. The Hall–Kier alpha value is -2.70. The van der Waals surface area contributed by atoms with Gasteiger partial charge >= 0.3 is 5.97 Å². The molecule has 0 unspecified atom stereocenters. The zero-order valence-corrected chi connectivity index (χ0v) is 17.1. The van der Waals surface area contributed by atoms with Gasteiger partial charge in [-0.15, -0.1) is 11.3 Å². The van der Waals surface area contributed by atoms with Crippen molar-refractivity contribution in [1.29, 1.82) is 0 Å². The van der Waals surface area contributed by atoms with E-state index in [9.17, 15) is 19.5 Å². The molecule has 0 saturated carbocycles.